The van der Waals surface area contributed by atoms with Gasteiger partial charge in [0.1, 0.15) is 0 Å². The Labute approximate surface area is 113 Å². The quantitative estimate of drug-likeness (QED) is 0.834. The number of terminal acetylenes is 1. The van der Waals surface area contributed by atoms with Gasteiger partial charge in [0.05, 0.1) is 10.9 Å². The van der Waals surface area contributed by atoms with Crippen molar-refractivity contribution in [3.63, 3.8) is 0 Å². The van der Waals surface area contributed by atoms with Crippen LogP contribution in [0.2, 0.25) is 0 Å². The fourth-order valence-corrected chi connectivity index (χ4v) is 1.65. The normalized spacial score (nSPS) is 11.8. The smallest absolute Gasteiger partial charge is 0.227 e. The van der Waals surface area contributed by atoms with Gasteiger partial charge in [-0.3, -0.25) is 0 Å². The Morgan fingerprint density at radius 3 is 2.89 bits per heavy atom. The number of fused-ring (bicyclic) bond motifs is 1. The van der Waals surface area contributed by atoms with Crippen molar-refractivity contribution in [3.05, 3.63) is 24.3 Å². The number of hydrogen-bond acceptors (Lipinski definition) is 4. The number of anilines is 1. The van der Waals surface area contributed by atoms with E-state index in [1.54, 1.807) is 0 Å². The highest BCUT2D eigenvalue weighted by molar-refractivity contribution is 5.84. The van der Waals surface area contributed by atoms with Crippen LogP contribution in [0.5, 0.6) is 5.88 Å². The Kier molecular flexibility index (Phi) is 4.19. The average Bonchev–Trinajstić information content (AvgIpc) is 2.45. The van der Waals surface area contributed by atoms with Crippen LogP contribution in [0.1, 0.15) is 20.3 Å². The molecule has 0 bridgehead atoms. The van der Waals surface area contributed by atoms with Crippen molar-refractivity contribution >= 4 is 16.9 Å². The fourth-order valence-electron chi connectivity index (χ4n) is 1.65. The molecule has 98 valence electrons. The van der Waals surface area contributed by atoms with Gasteiger partial charge in [0.25, 0.3) is 0 Å². The predicted molar refractivity (Wildman–Crippen MR) is 77.2 cm³/mol. The summed E-state index contributed by atoms with van der Waals surface area (Å²) < 4.78 is 5.67. The highest BCUT2D eigenvalue weighted by atomic mass is 16.5. The Morgan fingerprint density at radius 1 is 1.37 bits per heavy atom. The first kappa shape index (κ1) is 13.2. The van der Waals surface area contributed by atoms with Crippen molar-refractivity contribution in [1.82, 2.24) is 9.97 Å². The summed E-state index contributed by atoms with van der Waals surface area (Å²) in [6.45, 7) is 4.73. The van der Waals surface area contributed by atoms with Gasteiger partial charge in [-0.1, -0.05) is 25.0 Å². The third-order valence-corrected chi connectivity index (χ3v) is 2.62. The Bertz CT molecular complexity index is 604. The van der Waals surface area contributed by atoms with E-state index in [1.807, 2.05) is 31.2 Å². The van der Waals surface area contributed by atoms with Gasteiger partial charge in [-0.15, -0.1) is 6.42 Å². The number of hydrogen-bond donors (Lipinski definition) is 1. The molecule has 0 fully saturated rings. The van der Waals surface area contributed by atoms with Crippen LogP contribution in [0.25, 0.3) is 10.9 Å². The van der Waals surface area contributed by atoms with Gasteiger partial charge in [-0.25, -0.2) is 4.98 Å². The molecule has 19 heavy (non-hydrogen) atoms. The Balaban J connectivity index is 2.43. The molecular formula is C15H17N3O. The molecule has 0 amide bonds. The van der Waals surface area contributed by atoms with Crippen LogP contribution in [0.15, 0.2) is 24.3 Å². The van der Waals surface area contributed by atoms with Crippen LogP contribution >= 0.6 is 0 Å². The minimum Gasteiger partial charge on any atom is -0.461 e. The summed E-state index contributed by atoms with van der Waals surface area (Å²) >= 11 is 0. The van der Waals surface area contributed by atoms with Gasteiger partial charge in [0.15, 0.2) is 6.10 Å². The van der Waals surface area contributed by atoms with Crippen molar-refractivity contribution < 1.29 is 4.74 Å². The predicted octanol–water partition coefficient (Wildman–Crippen LogP) is 2.85. The van der Waals surface area contributed by atoms with Crippen LogP contribution in [-0.4, -0.2) is 22.6 Å². The first-order valence-corrected chi connectivity index (χ1v) is 6.38. The average molecular weight is 255 g/mol. The van der Waals surface area contributed by atoms with Crippen LogP contribution in [0.4, 0.5) is 5.95 Å². The highest BCUT2D eigenvalue weighted by Gasteiger charge is 2.10. The zero-order chi connectivity index (χ0) is 13.7. The molecule has 0 saturated heterocycles. The van der Waals surface area contributed by atoms with E-state index in [1.165, 1.54) is 0 Å². The number of nitrogens with one attached hydrogen (secondary N) is 1. The van der Waals surface area contributed by atoms with Crippen molar-refractivity contribution in [3.8, 4) is 18.2 Å². The second kappa shape index (κ2) is 6.05. The van der Waals surface area contributed by atoms with Gasteiger partial charge in [-0.2, -0.15) is 4.98 Å². The summed E-state index contributed by atoms with van der Waals surface area (Å²) in [7, 11) is 0. The summed E-state index contributed by atoms with van der Waals surface area (Å²) in [4.78, 5) is 8.84. The maximum Gasteiger partial charge on any atom is 0.227 e. The number of aromatic nitrogens is 2. The second-order valence-electron chi connectivity index (χ2n) is 4.22. The molecule has 4 nitrogen and oxygen atoms in total. The van der Waals surface area contributed by atoms with Gasteiger partial charge in [0.2, 0.25) is 11.8 Å². The lowest BCUT2D eigenvalue weighted by Crippen LogP contribution is -2.12. The SMILES string of the molecule is C#CC(C)Oc1nc(NCCC)nc2ccccc12. The summed E-state index contributed by atoms with van der Waals surface area (Å²) in [5.74, 6) is 3.63. The molecule has 0 spiro atoms. The molecule has 0 saturated carbocycles. The molecule has 1 unspecified atom stereocenters. The maximum atomic E-state index is 5.67. The number of para-hydroxylation sites is 1. The molecule has 0 aliphatic heterocycles. The molecule has 1 atom stereocenters. The molecular weight excluding hydrogens is 238 g/mol. The lowest BCUT2D eigenvalue weighted by atomic mass is 10.2. The number of benzene rings is 1. The monoisotopic (exact) mass is 255 g/mol. The molecule has 1 aromatic heterocycles. The Morgan fingerprint density at radius 2 is 2.16 bits per heavy atom. The highest BCUT2D eigenvalue weighted by Crippen LogP contribution is 2.24. The van der Waals surface area contributed by atoms with E-state index in [0.29, 0.717) is 11.8 Å². The maximum absolute atomic E-state index is 5.67. The van der Waals surface area contributed by atoms with Gasteiger partial charge >= 0.3 is 0 Å². The van der Waals surface area contributed by atoms with Crippen molar-refractivity contribution in [1.29, 1.82) is 0 Å². The molecule has 2 rings (SSSR count). The second-order valence-corrected chi connectivity index (χ2v) is 4.22. The summed E-state index contributed by atoms with van der Waals surface area (Å²) in [6.07, 6.45) is 6.03. The van der Waals surface area contributed by atoms with Gasteiger partial charge in [-0.05, 0) is 25.5 Å². The van der Waals surface area contributed by atoms with Gasteiger partial charge in [0, 0.05) is 6.54 Å². The third-order valence-electron chi connectivity index (χ3n) is 2.62. The number of ether oxygens (including phenoxy) is 1. The summed E-state index contributed by atoms with van der Waals surface area (Å²) in [5, 5.41) is 4.03. The molecule has 0 radical (unpaired) electrons. The summed E-state index contributed by atoms with van der Waals surface area (Å²) in [6, 6.07) is 7.73. The number of rotatable bonds is 5. The van der Waals surface area contributed by atoms with Gasteiger partial charge < -0.3 is 10.1 Å². The van der Waals surface area contributed by atoms with E-state index < -0.39 is 0 Å². The largest absolute Gasteiger partial charge is 0.461 e. The molecule has 1 aromatic carbocycles. The molecule has 0 aliphatic carbocycles. The number of nitrogens with zero attached hydrogens (tertiary/aromatic N) is 2. The lowest BCUT2D eigenvalue weighted by molar-refractivity contribution is 0.272. The van der Waals surface area contributed by atoms with E-state index >= 15 is 0 Å². The molecule has 1 N–H and O–H groups in total. The lowest BCUT2D eigenvalue weighted by Gasteiger charge is -2.12. The molecule has 4 heteroatoms. The van der Waals surface area contributed by atoms with Crippen LogP contribution in [0, 0.1) is 12.3 Å². The van der Waals surface area contributed by atoms with Crippen LogP contribution in [-0.2, 0) is 0 Å². The van der Waals surface area contributed by atoms with E-state index in [-0.39, 0.29) is 6.10 Å². The topological polar surface area (TPSA) is 47.0 Å². The fraction of sp³-hybridized carbons (Fsp3) is 0.333. The van der Waals surface area contributed by atoms with Crippen molar-refractivity contribution in [2.24, 2.45) is 0 Å². The molecule has 0 aliphatic rings. The van der Waals surface area contributed by atoms with Crippen molar-refractivity contribution in [2.75, 3.05) is 11.9 Å². The van der Waals surface area contributed by atoms with E-state index in [0.717, 1.165) is 23.9 Å². The molecule has 2 aromatic rings. The van der Waals surface area contributed by atoms with Crippen LogP contribution < -0.4 is 10.1 Å². The van der Waals surface area contributed by atoms with E-state index in [9.17, 15) is 0 Å². The standard InChI is InChI=1S/C15H17N3O/c1-4-10-16-15-17-13-9-7-6-8-12(13)14(18-15)19-11(3)5-2/h2,6-9,11H,4,10H2,1,3H3,(H,16,17,18). The molecule has 1 heterocycles. The van der Waals surface area contributed by atoms with Crippen LogP contribution in [0.3, 0.4) is 0 Å². The zero-order valence-electron chi connectivity index (χ0n) is 11.2. The first-order valence-electron chi connectivity index (χ1n) is 6.38. The first-order chi connectivity index (χ1) is 9.24. The summed E-state index contributed by atoms with van der Waals surface area (Å²) in [5.41, 5.74) is 0.843. The van der Waals surface area contributed by atoms with E-state index in [4.69, 9.17) is 11.2 Å². The Hall–Kier alpha value is -2.28. The van der Waals surface area contributed by atoms with Crippen molar-refractivity contribution in [2.45, 2.75) is 26.4 Å². The van der Waals surface area contributed by atoms with E-state index in [2.05, 4.69) is 28.1 Å². The third kappa shape index (κ3) is 3.14. The minimum absolute atomic E-state index is 0.322. The zero-order valence-corrected chi connectivity index (χ0v) is 11.2. The minimum atomic E-state index is -0.322.